The van der Waals surface area contributed by atoms with E-state index >= 15 is 0 Å². The predicted octanol–water partition coefficient (Wildman–Crippen LogP) is 2.65. The molecule has 0 aliphatic heterocycles. The highest BCUT2D eigenvalue weighted by molar-refractivity contribution is 5.14. The van der Waals surface area contributed by atoms with Crippen molar-refractivity contribution in [2.24, 2.45) is 5.41 Å². The molecule has 0 aliphatic rings. The van der Waals surface area contributed by atoms with E-state index in [1.807, 2.05) is 19.9 Å². The number of benzene rings is 1. The van der Waals surface area contributed by atoms with Gasteiger partial charge in [-0.2, -0.15) is 0 Å². The number of aliphatic hydroxyl groups excluding tert-OH is 1. The average Bonchev–Trinajstić information content (AvgIpc) is 2.30. The Morgan fingerprint density at radius 1 is 1.19 bits per heavy atom. The molecule has 0 aromatic heterocycles. The molecule has 1 rings (SSSR count). The normalized spacial score (nSPS) is 11.7. The maximum Gasteiger partial charge on any atom is 0.0539 e. The minimum Gasteiger partial charge on any atom is -0.396 e. The highest BCUT2D eigenvalue weighted by Gasteiger charge is 2.15. The second kappa shape index (κ2) is 6.66. The van der Waals surface area contributed by atoms with Crippen LogP contribution >= 0.6 is 0 Å². The van der Waals surface area contributed by atoms with Gasteiger partial charge in [-0.05, 0) is 18.4 Å². The Balaban J connectivity index is 2.09. The fraction of sp³-hybridized carbons (Fsp3) is 0.571. The van der Waals surface area contributed by atoms with Crippen LogP contribution in [0.15, 0.2) is 30.3 Å². The zero-order valence-corrected chi connectivity index (χ0v) is 10.3. The van der Waals surface area contributed by atoms with Crippen LogP contribution in [0.5, 0.6) is 0 Å². The summed E-state index contributed by atoms with van der Waals surface area (Å²) in [5.74, 6) is 0. The number of aryl methyl sites for hydroxylation is 1. The Bertz CT molecular complexity index is 280. The number of rotatable bonds is 7. The molecule has 90 valence electrons. The van der Waals surface area contributed by atoms with E-state index in [-0.39, 0.29) is 12.0 Å². The molecule has 0 heterocycles. The topological polar surface area (TPSA) is 29.5 Å². The van der Waals surface area contributed by atoms with Crippen molar-refractivity contribution in [2.45, 2.75) is 26.7 Å². The standard InChI is InChI=1S/C14H22O2/c1-14(2,11-15)12-16-10-6-9-13-7-4-3-5-8-13/h3-5,7-8,15H,6,9-12H2,1-2H3. The summed E-state index contributed by atoms with van der Waals surface area (Å²) < 4.78 is 5.55. The summed E-state index contributed by atoms with van der Waals surface area (Å²) in [6, 6.07) is 10.4. The monoisotopic (exact) mass is 222 g/mol. The first-order valence-corrected chi connectivity index (χ1v) is 5.86. The molecule has 0 saturated heterocycles. The van der Waals surface area contributed by atoms with E-state index < -0.39 is 0 Å². The van der Waals surface area contributed by atoms with Gasteiger partial charge in [0.25, 0.3) is 0 Å². The second-order valence-electron chi connectivity index (χ2n) is 4.96. The molecule has 0 saturated carbocycles. The van der Waals surface area contributed by atoms with E-state index in [9.17, 15) is 0 Å². The lowest BCUT2D eigenvalue weighted by Crippen LogP contribution is -2.23. The third kappa shape index (κ3) is 5.29. The summed E-state index contributed by atoms with van der Waals surface area (Å²) in [6.07, 6.45) is 2.09. The van der Waals surface area contributed by atoms with Crippen LogP contribution in [0.3, 0.4) is 0 Å². The molecule has 0 aliphatic carbocycles. The lowest BCUT2D eigenvalue weighted by atomic mass is 9.97. The lowest BCUT2D eigenvalue weighted by Gasteiger charge is -2.21. The first-order chi connectivity index (χ1) is 7.64. The van der Waals surface area contributed by atoms with Crippen LogP contribution in [0.4, 0.5) is 0 Å². The zero-order chi connectivity index (χ0) is 11.9. The number of hydrogen-bond acceptors (Lipinski definition) is 2. The van der Waals surface area contributed by atoms with Crippen LogP contribution in [0.1, 0.15) is 25.8 Å². The van der Waals surface area contributed by atoms with E-state index in [0.29, 0.717) is 6.61 Å². The molecule has 1 N–H and O–H groups in total. The molecule has 1 aromatic carbocycles. The van der Waals surface area contributed by atoms with Crippen LogP contribution in [-0.2, 0) is 11.2 Å². The minimum atomic E-state index is -0.118. The van der Waals surface area contributed by atoms with Crippen molar-refractivity contribution in [2.75, 3.05) is 19.8 Å². The lowest BCUT2D eigenvalue weighted by molar-refractivity contribution is 0.0272. The fourth-order valence-electron chi connectivity index (χ4n) is 1.42. The maximum atomic E-state index is 9.05. The molecule has 0 atom stereocenters. The zero-order valence-electron chi connectivity index (χ0n) is 10.3. The summed E-state index contributed by atoms with van der Waals surface area (Å²) in [5, 5.41) is 9.05. The second-order valence-corrected chi connectivity index (χ2v) is 4.96. The SMILES string of the molecule is CC(C)(CO)COCCCc1ccccc1. The fourth-order valence-corrected chi connectivity index (χ4v) is 1.42. The van der Waals surface area contributed by atoms with Crippen molar-refractivity contribution in [3.05, 3.63) is 35.9 Å². The molecule has 0 amide bonds. The molecule has 0 spiro atoms. The van der Waals surface area contributed by atoms with Gasteiger partial charge in [0, 0.05) is 12.0 Å². The summed E-state index contributed by atoms with van der Waals surface area (Å²) in [5.41, 5.74) is 1.24. The first kappa shape index (κ1) is 13.2. The molecular weight excluding hydrogens is 200 g/mol. The van der Waals surface area contributed by atoms with Gasteiger partial charge >= 0.3 is 0 Å². The van der Waals surface area contributed by atoms with Crippen molar-refractivity contribution >= 4 is 0 Å². The van der Waals surface area contributed by atoms with Crippen LogP contribution in [0.25, 0.3) is 0 Å². The molecular formula is C14H22O2. The van der Waals surface area contributed by atoms with Crippen molar-refractivity contribution in [1.29, 1.82) is 0 Å². The Hall–Kier alpha value is -0.860. The van der Waals surface area contributed by atoms with Gasteiger partial charge in [0.1, 0.15) is 0 Å². The Morgan fingerprint density at radius 2 is 1.88 bits per heavy atom. The highest BCUT2D eigenvalue weighted by Crippen LogP contribution is 2.13. The van der Waals surface area contributed by atoms with Crippen LogP contribution < -0.4 is 0 Å². The predicted molar refractivity (Wildman–Crippen MR) is 66.4 cm³/mol. The molecule has 0 radical (unpaired) electrons. The quantitative estimate of drug-likeness (QED) is 0.719. The van der Waals surface area contributed by atoms with Gasteiger partial charge in [0.2, 0.25) is 0 Å². The number of ether oxygens (including phenoxy) is 1. The molecule has 2 nitrogen and oxygen atoms in total. The Kier molecular flexibility index (Phi) is 5.50. The number of hydrogen-bond donors (Lipinski definition) is 1. The third-order valence-corrected chi connectivity index (χ3v) is 2.52. The van der Waals surface area contributed by atoms with Crippen molar-refractivity contribution in [3.63, 3.8) is 0 Å². The van der Waals surface area contributed by atoms with E-state index in [1.54, 1.807) is 0 Å². The van der Waals surface area contributed by atoms with Gasteiger partial charge < -0.3 is 9.84 Å². The van der Waals surface area contributed by atoms with Gasteiger partial charge in [-0.1, -0.05) is 44.2 Å². The van der Waals surface area contributed by atoms with Gasteiger partial charge in [-0.15, -0.1) is 0 Å². The summed E-state index contributed by atoms with van der Waals surface area (Å²) in [4.78, 5) is 0. The van der Waals surface area contributed by atoms with E-state index in [4.69, 9.17) is 9.84 Å². The highest BCUT2D eigenvalue weighted by atomic mass is 16.5. The van der Waals surface area contributed by atoms with Crippen molar-refractivity contribution < 1.29 is 9.84 Å². The summed E-state index contributed by atoms with van der Waals surface area (Å²) in [7, 11) is 0. The molecule has 1 aromatic rings. The van der Waals surface area contributed by atoms with Gasteiger partial charge in [0.05, 0.1) is 13.2 Å². The van der Waals surface area contributed by atoms with E-state index in [0.717, 1.165) is 19.4 Å². The summed E-state index contributed by atoms with van der Waals surface area (Å²) >= 11 is 0. The largest absolute Gasteiger partial charge is 0.396 e. The first-order valence-electron chi connectivity index (χ1n) is 5.86. The van der Waals surface area contributed by atoms with Crippen LogP contribution in [0.2, 0.25) is 0 Å². The van der Waals surface area contributed by atoms with Gasteiger partial charge in [-0.25, -0.2) is 0 Å². The maximum absolute atomic E-state index is 9.05. The molecule has 2 heteroatoms. The summed E-state index contributed by atoms with van der Waals surface area (Å²) in [6.45, 7) is 5.57. The van der Waals surface area contributed by atoms with Gasteiger partial charge in [-0.3, -0.25) is 0 Å². The van der Waals surface area contributed by atoms with Crippen LogP contribution in [0, 0.1) is 5.41 Å². The molecule has 16 heavy (non-hydrogen) atoms. The Morgan fingerprint density at radius 3 is 2.50 bits per heavy atom. The Labute approximate surface area is 98.3 Å². The van der Waals surface area contributed by atoms with Crippen molar-refractivity contribution in [1.82, 2.24) is 0 Å². The molecule has 0 bridgehead atoms. The number of aliphatic hydroxyl groups is 1. The van der Waals surface area contributed by atoms with Gasteiger partial charge in [0.15, 0.2) is 0 Å². The minimum absolute atomic E-state index is 0.118. The van der Waals surface area contributed by atoms with Crippen LogP contribution in [-0.4, -0.2) is 24.9 Å². The van der Waals surface area contributed by atoms with E-state index in [1.165, 1.54) is 5.56 Å². The third-order valence-electron chi connectivity index (χ3n) is 2.52. The molecule has 0 fully saturated rings. The van der Waals surface area contributed by atoms with Crippen molar-refractivity contribution in [3.8, 4) is 0 Å². The average molecular weight is 222 g/mol. The smallest absolute Gasteiger partial charge is 0.0539 e. The molecule has 0 unspecified atom stereocenters. The van der Waals surface area contributed by atoms with E-state index in [2.05, 4.69) is 24.3 Å².